The number of fused-ring (bicyclic) bond motifs is 1. The molecule has 7 nitrogen and oxygen atoms in total. The zero-order chi connectivity index (χ0) is 25.2. The van der Waals surface area contributed by atoms with Crippen LogP contribution in [0.4, 0.5) is 21.8 Å². The quantitative estimate of drug-likeness (QED) is 0.381. The Morgan fingerprint density at radius 3 is 2.46 bits per heavy atom. The van der Waals surface area contributed by atoms with Crippen molar-refractivity contribution in [3.63, 3.8) is 0 Å². The molecule has 37 heavy (non-hydrogen) atoms. The maximum atomic E-state index is 15.1. The summed E-state index contributed by atoms with van der Waals surface area (Å²) in [6, 6.07) is 17.8. The molecule has 0 unspecified atom stereocenters. The van der Waals surface area contributed by atoms with Crippen LogP contribution in [0.15, 0.2) is 59.0 Å². The molecule has 2 fully saturated rings. The van der Waals surface area contributed by atoms with Crippen LogP contribution in [0.2, 0.25) is 0 Å². The first-order valence-corrected chi connectivity index (χ1v) is 12.8. The van der Waals surface area contributed by atoms with E-state index >= 15 is 4.39 Å². The Balaban J connectivity index is 1.22. The number of hydrogen-bond donors (Lipinski definition) is 1. The minimum atomic E-state index is -0.248. The summed E-state index contributed by atoms with van der Waals surface area (Å²) in [5.74, 6) is -0.248. The van der Waals surface area contributed by atoms with E-state index in [9.17, 15) is 0 Å². The highest BCUT2D eigenvalue weighted by Crippen LogP contribution is 2.34. The summed E-state index contributed by atoms with van der Waals surface area (Å²) < 4.78 is 32.1. The number of para-hydroxylation sites is 1. The number of aromatic nitrogens is 1. The van der Waals surface area contributed by atoms with Crippen molar-refractivity contribution in [2.45, 2.75) is 13.5 Å². The summed E-state index contributed by atoms with van der Waals surface area (Å²) >= 11 is 0. The van der Waals surface area contributed by atoms with E-state index in [4.69, 9.17) is 13.9 Å². The molecule has 0 saturated carbocycles. The number of anilines is 3. The number of rotatable bonds is 6. The van der Waals surface area contributed by atoms with Gasteiger partial charge in [-0.05, 0) is 53.9 Å². The Bertz CT molecular complexity index is 1390. The molecule has 8 heteroatoms. The number of aryl methyl sites for hydroxylation is 1. The summed E-state index contributed by atoms with van der Waals surface area (Å²) in [5, 5.41) is 3.30. The molecule has 1 aromatic heterocycles. The van der Waals surface area contributed by atoms with Crippen LogP contribution in [0.1, 0.15) is 11.1 Å². The zero-order valence-corrected chi connectivity index (χ0v) is 21.0. The van der Waals surface area contributed by atoms with Gasteiger partial charge in [0.1, 0.15) is 11.3 Å². The predicted molar refractivity (Wildman–Crippen MR) is 143 cm³/mol. The van der Waals surface area contributed by atoms with Crippen LogP contribution in [0.25, 0.3) is 22.2 Å². The third-order valence-electron chi connectivity index (χ3n) is 7.12. The van der Waals surface area contributed by atoms with Crippen molar-refractivity contribution in [2.24, 2.45) is 0 Å². The Hall–Kier alpha value is -3.46. The summed E-state index contributed by atoms with van der Waals surface area (Å²) in [6.45, 7) is 9.17. The van der Waals surface area contributed by atoms with E-state index < -0.39 is 0 Å². The molecule has 0 bridgehead atoms. The van der Waals surface area contributed by atoms with Crippen molar-refractivity contribution in [1.82, 2.24) is 9.88 Å². The van der Waals surface area contributed by atoms with Crippen LogP contribution in [0, 0.1) is 12.7 Å². The summed E-state index contributed by atoms with van der Waals surface area (Å²) in [4.78, 5) is 9.07. The van der Waals surface area contributed by atoms with E-state index in [1.165, 1.54) is 11.1 Å². The number of morpholine rings is 2. The Morgan fingerprint density at radius 2 is 1.70 bits per heavy atom. The van der Waals surface area contributed by atoms with Gasteiger partial charge < -0.3 is 24.1 Å². The number of ether oxygens (including phenoxy) is 2. The number of nitrogens with zero attached hydrogens (tertiary/aromatic N) is 3. The van der Waals surface area contributed by atoms with Gasteiger partial charge >= 0.3 is 0 Å². The van der Waals surface area contributed by atoms with E-state index in [0.29, 0.717) is 43.6 Å². The monoisotopic (exact) mass is 502 g/mol. The molecule has 0 radical (unpaired) electrons. The highest BCUT2D eigenvalue weighted by molar-refractivity contribution is 5.91. The average Bonchev–Trinajstić information content (AvgIpc) is 3.34. The summed E-state index contributed by atoms with van der Waals surface area (Å²) in [6.07, 6.45) is 0. The van der Waals surface area contributed by atoms with Gasteiger partial charge in [-0.2, -0.15) is 4.98 Å². The van der Waals surface area contributed by atoms with Crippen LogP contribution in [0.5, 0.6) is 0 Å². The molecule has 2 aliphatic rings. The lowest BCUT2D eigenvalue weighted by atomic mass is 10.0. The van der Waals surface area contributed by atoms with Crippen LogP contribution in [-0.4, -0.2) is 62.5 Å². The van der Waals surface area contributed by atoms with E-state index in [2.05, 4.69) is 40.3 Å². The molecule has 3 heterocycles. The minimum absolute atomic E-state index is 0.248. The van der Waals surface area contributed by atoms with Crippen LogP contribution in [0.3, 0.4) is 0 Å². The second-order valence-electron chi connectivity index (χ2n) is 9.59. The SMILES string of the molecule is Cc1cc(Nc2nc3cccc(-c4ccc(N5CCOCC5)c(F)c4)c3o2)ccc1CN1CCOCC1. The number of halogens is 1. The first-order valence-electron chi connectivity index (χ1n) is 12.8. The molecular formula is C29H31FN4O3. The standard InChI is InChI=1S/C29H31FN4O3/c1-20-17-23(7-5-22(20)19-33-9-13-35-14-10-33)31-29-32-26-4-2-3-24(28(26)37-29)21-6-8-27(25(30)18-21)34-11-15-36-16-12-34/h2-8,17-18H,9-16,19H2,1H3,(H,31,32). The normalized spacial score (nSPS) is 16.9. The molecule has 3 aromatic carbocycles. The lowest BCUT2D eigenvalue weighted by Crippen LogP contribution is -2.36. The second kappa shape index (κ2) is 10.5. The van der Waals surface area contributed by atoms with Gasteiger partial charge in [0, 0.05) is 44.0 Å². The molecule has 0 atom stereocenters. The Kier molecular flexibility index (Phi) is 6.78. The second-order valence-corrected chi connectivity index (χ2v) is 9.59. The van der Waals surface area contributed by atoms with Crippen molar-refractivity contribution in [2.75, 3.05) is 62.8 Å². The molecule has 2 aliphatic heterocycles. The summed E-state index contributed by atoms with van der Waals surface area (Å²) in [5.41, 5.74) is 6.94. The molecule has 4 aromatic rings. The molecule has 0 amide bonds. The highest BCUT2D eigenvalue weighted by atomic mass is 19.1. The largest absolute Gasteiger partial charge is 0.423 e. The zero-order valence-electron chi connectivity index (χ0n) is 21.0. The van der Waals surface area contributed by atoms with E-state index in [0.717, 1.165) is 55.2 Å². The lowest BCUT2D eigenvalue weighted by Gasteiger charge is -2.29. The van der Waals surface area contributed by atoms with E-state index in [-0.39, 0.29) is 5.82 Å². The van der Waals surface area contributed by atoms with Gasteiger partial charge in [-0.3, -0.25) is 4.90 Å². The van der Waals surface area contributed by atoms with Gasteiger partial charge in [0.2, 0.25) is 0 Å². The third-order valence-corrected chi connectivity index (χ3v) is 7.12. The third kappa shape index (κ3) is 5.18. The molecular weight excluding hydrogens is 471 g/mol. The van der Waals surface area contributed by atoms with Crippen molar-refractivity contribution in [3.05, 3.63) is 71.5 Å². The number of oxazole rings is 1. The average molecular weight is 503 g/mol. The fraction of sp³-hybridized carbons (Fsp3) is 0.345. The summed E-state index contributed by atoms with van der Waals surface area (Å²) in [7, 11) is 0. The van der Waals surface area contributed by atoms with Crippen molar-refractivity contribution in [1.29, 1.82) is 0 Å². The van der Waals surface area contributed by atoms with Crippen LogP contribution < -0.4 is 10.2 Å². The fourth-order valence-electron chi connectivity index (χ4n) is 5.04. The molecule has 192 valence electrons. The van der Waals surface area contributed by atoms with E-state index in [1.54, 1.807) is 6.07 Å². The highest BCUT2D eigenvalue weighted by Gasteiger charge is 2.18. The van der Waals surface area contributed by atoms with Gasteiger partial charge in [0.05, 0.1) is 32.1 Å². The Morgan fingerprint density at radius 1 is 0.919 bits per heavy atom. The number of benzene rings is 3. The smallest absolute Gasteiger partial charge is 0.300 e. The lowest BCUT2D eigenvalue weighted by molar-refractivity contribution is 0.0341. The van der Waals surface area contributed by atoms with Gasteiger partial charge in [-0.15, -0.1) is 0 Å². The molecule has 0 aliphatic carbocycles. The van der Waals surface area contributed by atoms with Gasteiger partial charge in [-0.1, -0.05) is 24.3 Å². The first-order chi connectivity index (χ1) is 18.1. The Labute approximate surface area is 215 Å². The number of nitrogens with one attached hydrogen (secondary N) is 1. The van der Waals surface area contributed by atoms with Gasteiger partial charge in [0.25, 0.3) is 6.01 Å². The molecule has 6 rings (SSSR count). The first kappa shape index (κ1) is 23.9. The van der Waals surface area contributed by atoms with E-state index in [1.807, 2.05) is 35.2 Å². The van der Waals surface area contributed by atoms with Gasteiger partial charge in [0.15, 0.2) is 5.58 Å². The number of hydrogen-bond acceptors (Lipinski definition) is 7. The predicted octanol–water partition coefficient (Wildman–Crippen LogP) is 5.35. The minimum Gasteiger partial charge on any atom is -0.423 e. The van der Waals surface area contributed by atoms with Crippen molar-refractivity contribution < 1.29 is 18.3 Å². The maximum absolute atomic E-state index is 15.1. The maximum Gasteiger partial charge on any atom is 0.300 e. The van der Waals surface area contributed by atoms with Gasteiger partial charge in [-0.25, -0.2) is 4.39 Å². The van der Waals surface area contributed by atoms with Crippen LogP contribution >= 0.6 is 0 Å². The van der Waals surface area contributed by atoms with Crippen molar-refractivity contribution >= 4 is 28.5 Å². The molecule has 1 N–H and O–H groups in total. The molecule has 2 saturated heterocycles. The molecule has 0 spiro atoms. The topological polar surface area (TPSA) is 63.0 Å². The van der Waals surface area contributed by atoms with Crippen LogP contribution in [-0.2, 0) is 16.0 Å². The van der Waals surface area contributed by atoms with Crippen molar-refractivity contribution in [3.8, 4) is 11.1 Å². The fourth-order valence-corrected chi connectivity index (χ4v) is 5.04.